The lowest BCUT2D eigenvalue weighted by Crippen LogP contribution is -2.36. The number of aromatic amines is 1. The van der Waals surface area contributed by atoms with Gasteiger partial charge >= 0.3 is 15.9 Å². The summed E-state index contributed by atoms with van der Waals surface area (Å²) in [5.74, 6) is -0.306. The number of aromatic nitrogens is 8. The number of fused-ring (bicyclic) bond motifs is 2. The van der Waals surface area contributed by atoms with Crippen LogP contribution in [0.5, 0.6) is 0 Å². The first-order valence-corrected chi connectivity index (χ1v) is 15.7. The van der Waals surface area contributed by atoms with Crippen LogP contribution in [0.3, 0.4) is 0 Å². The van der Waals surface area contributed by atoms with Crippen molar-refractivity contribution < 1.29 is 52.8 Å². The Bertz CT molecular complexity index is 1840. The van der Waals surface area contributed by atoms with E-state index in [1.165, 1.54) is 10.9 Å². The van der Waals surface area contributed by atoms with E-state index in [0.717, 1.165) is 17.2 Å². The number of aliphatic hydroxyl groups is 3. The third kappa shape index (κ3) is 5.40. The molecule has 4 aromatic rings. The molecular formula is C20H23ClN9O12P2+. The lowest BCUT2D eigenvalue weighted by atomic mass is 10.1. The van der Waals surface area contributed by atoms with Gasteiger partial charge < -0.3 is 39.9 Å². The number of H-pyrrole nitrogens is 1. The van der Waals surface area contributed by atoms with E-state index in [1.807, 2.05) is 0 Å². The first-order chi connectivity index (χ1) is 20.9. The molecule has 4 aromatic heterocycles. The fourth-order valence-electron chi connectivity index (χ4n) is 5.09. The first-order valence-electron chi connectivity index (χ1n) is 12.5. The van der Waals surface area contributed by atoms with E-state index in [1.54, 1.807) is 0 Å². The maximum Gasteiger partial charge on any atom is 0.694 e. The summed E-state index contributed by atoms with van der Waals surface area (Å²) in [7, 11) is -8.11. The fraction of sp³-hybridized carbons (Fsp3) is 0.500. The molecular weight excluding hydrogens is 656 g/mol. The molecule has 0 aliphatic carbocycles. The van der Waals surface area contributed by atoms with Gasteiger partial charge in [-0.25, -0.2) is 19.9 Å². The Balaban J connectivity index is 1.26. The van der Waals surface area contributed by atoms with Crippen LogP contribution in [0.4, 0.5) is 5.95 Å². The Morgan fingerprint density at radius 3 is 2.39 bits per heavy atom. The van der Waals surface area contributed by atoms with Crippen molar-refractivity contribution in [2.45, 2.75) is 48.6 Å². The summed E-state index contributed by atoms with van der Waals surface area (Å²) in [6, 6.07) is 0. The van der Waals surface area contributed by atoms with Crippen LogP contribution in [0.25, 0.3) is 22.3 Å². The number of rotatable bonds is 9. The molecule has 24 heteroatoms. The highest BCUT2D eigenvalue weighted by Gasteiger charge is 2.56. The summed E-state index contributed by atoms with van der Waals surface area (Å²) < 4.78 is 48.6. The first kappa shape index (κ1) is 31.0. The second kappa shape index (κ2) is 11.7. The molecule has 2 unspecified atom stereocenters. The maximum atomic E-state index is 13.7. The second-order valence-electron chi connectivity index (χ2n) is 9.75. The molecule has 2 fully saturated rings. The molecule has 8 N–H and O–H groups in total. The topological polar surface area (TPSA) is 305 Å². The number of nitrogen functional groups attached to an aromatic ring is 1. The number of ether oxygens (including phenoxy) is 2. The van der Waals surface area contributed by atoms with E-state index in [4.69, 9.17) is 36.2 Å². The molecule has 10 atom stereocenters. The smallest absolute Gasteiger partial charge is 0.389 e. The molecule has 0 amide bonds. The molecule has 6 rings (SSSR count). The number of anilines is 1. The predicted molar refractivity (Wildman–Crippen MR) is 144 cm³/mol. The average Bonchev–Trinajstić information content (AvgIpc) is 3.72. The zero-order valence-electron chi connectivity index (χ0n) is 21.8. The number of nitrogens with zero attached hydrogens (tertiary/aromatic N) is 7. The Hall–Kier alpha value is -3.04. The van der Waals surface area contributed by atoms with Gasteiger partial charge in [-0.05, 0) is 0 Å². The van der Waals surface area contributed by atoms with E-state index in [9.17, 15) is 34.1 Å². The second-order valence-corrected chi connectivity index (χ2v) is 12.8. The van der Waals surface area contributed by atoms with Crippen molar-refractivity contribution in [3.63, 3.8) is 0 Å². The van der Waals surface area contributed by atoms with E-state index in [0.29, 0.717) is 0 Å². The van der Waals surface area contributed by atoms with Gasteiger partial charge in [0.25, 0.3) is 5.56 Å². The van der Waals surface area contributed by atoms with Crippen molar-refractivity contribution in [3.05, 3.63) is 34.5 Å². The molecule has 6 heterocycles. The van der Waals surface area contributed by atoms with Crippen LogP contribution >= 0.6 is 27.5 Å². The number of nitrogens with two attached hydrogens (primary N) is 1. The van der Waals surface area contributed by atoms with Crippen molar-refractivity contribution in [3.8, 4) is 0 Å². The van der Waals surface area contributed by atoms with Gasteiger partial charge in [-0.2, -0.15) is 4.98 Å². The Morgan fingerprint density at radius 2 is 1.66 bits per heavy atom. The SMILES string of the molecule is Nc1nc2c(ncn2[C@@H]2O[C@H](CO[P+](=O)O)[C@@H](O)[C@H]2P(=O)(O)OC[C@H]2O[C@@H](n3cnc4c(Cl)ncnc43)[C@H](O)[C@@H]2O)c(=O)[nH]1. The average molecular weight is 679 g/mol. The Labute approximate surface area is 249 Å². The molecule has 44 heavy (non-hydrogen) atoms. The highest BCUT2D eigenvalue weighted by molar-refractivity contribution is 7.53. The van der Waals surface area contributed by atoms with Gasteiger partial charge in [0, 0.05) is 4.57 Å². The van der Waals surface area contributed by atoms with Crippen LogP contribution < -0.4 is 11.3 Å². The van der Waals surface area contributed by atoms with E-state index in [2.05, 4.69) is 34.4 Å². The summed E-state index contributed by atoms with van der Waals surface area (Å²) >= 11 is 6.03. The predicted octanol–water partition coefficient (Wildman–Crippen LogP) is -1.69. The molecule has 0 spiro atoms. The highest BCUT2D eigenvalue weighted by atomic mass is 35.5. The van der Waals surface area contributed by atoms with Gasteiger partial charge in [0.1, 0.15) is 54.6 Å². The minimum Gasteiger partial charge on any atom is -0.389 e. The van der Waals surface area contributed by atoms with E-state index < -0.39 is 83.3 Å². The van der Waals surface area contributed by atoms with Crippen molar-refractivity contribution in [2.75, 3.05) is 18.9 Å². The number of nitrogens with one attached hydrogen (secondary N) is 1. The minimum absolute atomic E-state index is 0.0394. The van der Waals surface area contributed by atoms with Crippen LogP contribution in [-0.2, 0) is 27.7 Å². The number of imidazole rings is 2. The molecule has 0 aromatic carbocycles. The third-order valence-electron chi connectivity index (χ3n) is 7.14. The Morgan fingerprint density at radius 1 is 1.00 bits per heavy atom. The molecule has 21 nitrogen and oxygen atoms in total. The summed E-state index contributed by atoms with van der Waals surface area (Å²) in [4.78, 5) is 54.6. The number of hydrogen-bond acceptors (Lipinski definition) is 16. The van der Waals surface area contributed by atoms with Gasteiger partial charge in [0.05, 0.1) is 19.3 Å². The zero-order chi connectivity index (χ0) is 31.5. The maximum absolute atomic E-state index is 13.7. The number of aliphatic hydroxyl groups excluding tert-OH is 3. The van der Waals surface area contributed by atoms with Gasteiger partial charge in [0.15, 0.2) is 34.4 Å². The lowest BCUT2D eigenvalue weighted by molar-refractivity contribution is -0.0494. The van der Waals surface area contributed by atoms with Crippen molar-refractivity contribution >= 4 is 55.7 Å². The summed E-state index contributed by atoms with van der Waals surface area (Å²) in [5, 5.41) is 32.4. The van der Waals surface area contributed by atoms with Crippen molar-refractivity contribution in [1.82, 2.24) is 39.0 Å². The van der Waals surface area contributed by atoms with Crippen LogP contribution in [0, 0.1) is 0 Å². The van der Waals surface area contributed by atoms with Crippen LogP contribution in [-0.4, -0.2) is 114 Å². The quantitative estimate of drug-likeness (QED) is 0.0767. The fourth-order valence-corrected chi connectivity index (χ4v) is 7.19. The molecule has 0 radical (unpaired) electrons. The highest BCUT2D eigenvalue weighted by Crippen LogP contribution is 2.57. The lowest BCUT2D eigenvalue weighted by Gasteiger charge is -2.27. The summed E-state index contributed by atoms with van der Waals surface area (Å²) in [6.07, 6.45) is -7.17. The van der Waals surface area contributed by atoms with Crippen LogP contribution in [0.15, 0.2) is 23.8 Å². The van der Waals surface area contributed by atoms with Gasteiger partial charge in [0.2, 0.25) is 5.95 Å². The third-order valence-corrected chi connectivity index (χ3v) is 9.62. The van der Waals surface area contributed by atoms with Crippen LogP contribution in [0.1, 0.15) is 12.5 Å². The number of halogens is 1. The molecule has 0 saturated carbocycles. The zero-order valence-corrected chi connectivity index (χ0v) is 24.4. The molecule has 2 saturated heterocycles. The van der Waals surface area contributed by atoms with Gasteiger partial charge in [-0.1, -0.05) is 11.6 Å². The molecule has 0 bridgehead atoms. The molecule has 236 valence electrons. The minimum atomic E-state index is -4.99. The standard InChI is InChI=1S/C20H22ClN9O12P2/c21-14-8-15(24-3-23-14)29(4-25-8)18-12(33)10(31)7(41-18)2-40-44(37,38)13-11(32)6(1-39-43(35)36)42-19(13)30-5-26-9-16(30)27-20(22)28-17(9)34/h3-7,10-13,18-19,31-33H,1-2H2,(H4-,22,27,28,34,35,36,37,38)/p+1/t6-,7-,10-,11-,12-,13-,18-,19-/m1/s1. The van der Waals surface area contributed by atoms with Gasteiger partial charge in [-0.3, -0.25) is 23.5 Å². The van der Waals surface area contributed by atoms with E-state index in [-0.39, 0.29) is 33.4 Å². The summed E-state index contributed by atoms with van der Waals surface area (Å²) in [5.41, 5.74) is 3.13. The molecule has 2 aliphatic rings. The molecule has 2 aliphatic heterocycles. The van der Waals surface area contributed by atoms with Crippen molar-refractivity contribution in [2.24, 2.45) is 0 Å². The van der Waals surface area contributed by atoms with Crippen LogP contribution in [0.2, 0.25) is 5.15 Å². The summed E-state index contributed by atoms with van der Waals surface area (Å²) in [6.45, 7) is -1.44. The van der Waals surface area contributed by atoms with Gasteiger partial charge in [-0.15, -0.1) is 9.42 Å². The van der Waals surface area contributed by atoms with Crippen molar-refractivity contribution in [1.29, 1.82) is 0 Å². The number of hydrogen-bond donors (Lipinski definition) is 7. The Kier molecular flexibility index (Phi) is 8.24. The normalized spacial score (nSPS) is 30.7. The monoisotopic (exact) mass is 678 g/mol. The van der Waals surface area contributed by atoms with E-state index >= 15 is 0 Å². The largest absolute Gasteiger partial charge is 0.694 e.